The number of halogens is 1. The molecule has 0 aromatic heterocycles. The zero-order valence-corrected chi connectivity index (χ0v) is 12.4. The van der Waals surface area contributed by atoms with E-state index in [2.05, 4.69) is 52.5 Å². The van der Waals surface area contributed by atoms with Gasteiger partial charge in [-0.15, -0.1) is 0 Å². The molecule has 0 saturated carbocycles. The maximum Gasteiger partial charge on any atom is 0.242 e. The van der Waals surface area contributed by atoms with Crippen molar-refractivity contribution in [1.82, 2.24) is 5.32 Å². The van der Waals surface area contributed by atoms with Gasteiger partial charge in [0, 0.05) is 11.0 Å². The number of aryl methyl sites for hydroxylation is 2. The number of carbonyl (C=O) groups excluding carboxylic acids is 1. The second-order valence-electron chi connectivity index (χ2n) is 4.92. The van der Waals surface area contributed by atoms with Crippen LogP contribution in [0, 0.1) is 13.8 Å². The van der Waals surface area contributed by atoms with Crippen molar-refractivity contribution in [2.24, 2.45) is 0 Å². The van der Waals surface area contributed by atoms with Crippen LogP contribution < -0.4 is 10.6 Å². The summed E-state index contributed by atoms with van der Waals surface area (Å²) >= 11 is 3.57. The Morgan fingerprint density at radius 2 is 2.11 bits per heavy atom. The van der Waals surface area contributed by atoms with Crippen LogP contribution in [0.2, 0.25) is 0 Å². The number of benzene rings is 1. The van der Waals surface area contributed by atoms with Crippen LogP contribution in [0.25, 0.3) is 0 Å². The molecule has 1 saturated heterocycles. The normalized spacial score (nSPS) is 20.2. The highest BCUT2D eigenvalue weighted by Crippen LogP contribution is 2.29. The molecule has 2 N–H and O–H groups in total. The summed E-state index contributed by atoms with van der Waals surface area (Å²) in [5, 5.41) is 6.32. The molecule has 0 radical (unpaired) electrons. The number of anilines is 1. The summed E-state index contributed by atoms with van der Waals surface area (Å²) in [5.41, 5.74) is 3.41. The maximum atomic E-state index is 11.9. The number of hydrogen-bond donors (Lipinski definition) is 2. The van der Waals surface area contributed by atoms with Crippen LogP contribution >= 0.6 is 15.9 Å². The molecule has 1 aliphatic heterocycles. The third kappa shape index (κ3) is 3.05. The molecule has 18 heavy (non-hydrogen) atoms. The first-order chi connectivity index (χ1) is 8.58. The van der Waals surface area contributed by atoms with E-state index < -0.39 is 0 Å². The fraction of sp³-hybridized carbons (Fsp3) is 0.500. The Balaban J connectivity index is 2.20. The van der Waals surface area contributed by atoms with Gasteiger partial charge in [0.15, 0.2) is 0 Å². The molecule has 98 valence electrons. The zero-order valence-electron chi connectivity index (χ0n) is 10.8. The molecule has 3 nitrogen and oxygen atoms in total. The fourth-order valence-electron chi connectivity index (χ4n) is 2.35. The topological polar surface area (TPSA) is 41.1 Å². The number of nitrogens with one attached hydrogen (secondary N) is 2. The predicted octanol–water partition coefficient (Wildman–Crippen LogP) is 3.15. The van der Waals surface area contributed by atoms with E-state index in [9.17, 15) is 4.79 Å². The SMILES string of the molecule is Cc1cc(C)c(NC2CCCCNC2=O)c(Br)c1. The van der Waals surface area contributed by atoms with Crippen molar-refractivity contribution < 1.29 is 4.79 Å². The summed E-state index contributed by atoms with van der Waals surface area (Å²) in [6.45, 7) is 4.93. The average Bonchev–Trinajstić information content (AvgIpc) is 2.49. The number of hydrogen-bond acceptors (Lipinski definition) is 2. The Labute approximate surface area is 116 Å². The van der Waals surface area contributed by atoms with Crippen LogP contribution in [-0.4, -0.2) is 18.5 Å². The molecule has 1 heterocycles. The van der Waals surface area contributed by atoms with Gasteiger partial charge in [-0.2, -0.15) is 0 Å². The van der Waals surface area contributed by atoms with E-state index in [0.717, 1.165) is 36.0 Å². The minimum absolute atomic E-state index is 0.111. The van der Waals surface area contributed by atoms with Gasteiger partial charge in [0.2, 0.25) is 5.91 Å². The molecular formula is C14H19BrN2O. The molecule has 2 rings (SSSR count). The van der Waals surface area contributed by atoms with Gasteiger partial charge in [-0.25, -0.2) is 0 Å². The molecule has 0 spiro atoms. The summed E-state index contributed by atoms with van der Waals surface area (Å²) in [6, 6.07) is 4.08. The van der Waals surface area contributed by atoms with Crippen molar-refractivity contribution in [2.75, 3.05) is 11.9 Å². The van der Waals surface area contributed by atoms with Crippen LogP contribution in [0.5, 0.6) is 0 Å². The van der Waals surface area contributed by atoms with Gasteiger partial charge in [0.25, 0.3) is 0 Å². The van der Waals surface area contributed by atoms with Crippen LogP contribution in [0.15, 0.2) is 16.6 Å². The van der Waals surface area contributed by atoms with Gasteiger partial charge in [0.1, 0.15) is 6.04 Å². The number of carbonyl (C=O) groups is 1. The summed E-state index contributed by atoms with van der Waals surface area (Å²) in [5.74, 6) is 0.111. The highest BCUT2D eigenvalue weighted by Gasteiger charge is 2.21. The zero-order chi connectivity index (χ0) is 13.1. The summed E-state index contributed by atoms with van der Waals surface area (Å²) in [7, 11) is 0. The van der Waals surface area contributed by atoms with E-state index in [0.29, 0.717) is 0 Å². The highest BCUT2D eigenvalue weighted by molar-refractivity contribution is 9.10. The van der Waals surface area contributed by atoms with Crippen molar-refractivity contribution in [3.63, 3.8) is 0 Å². The molecule has 0 bridgehead atoms. The molecule has 1 atom stereocenters. The van der Waals surface area contributed by atoms with Crippen LogP contribution in [-0.2, 0) is 4.79 Å². The molecule has 1 aromatic rings. The first-order valence-corrected chi connectivity index (χ1v) is 7.18. The van der Waals surface area contributed by atoms with Crippen LogP contribution in [0.1, 0.15) is 30.4 Å². The van der Waals surface area contributed by atoms with E-state index >= 15 is 0 Å². The largest absolute Gasteiger partial charge is 0.373 e. The summed E-state index contributed by atoms with van der Waals surface area (Å²) in [6.07, 6.45) is 3.04. The predicted molar refractivity (Wildman–Crippen MR) is 77.9 cm³/mol. The lowest BCUT2D eigenvalue weighted by molar-refractivity contribution is -0.121. The van der Waals surface area contributed by atoms with E-state index in [4.69, 9.17) is 0 Å². The first kappa shape index (κ1) is 13.4. The standard InChI is InChI=1S/C14H19BrN2O/c1-9-7-10(2)13(11(15)8-9)17-12-5-3-4-6-16-14(12)18/h7-8,12,17H,3-6H2,1-2H3,(H,16,18). The Morgan fingerprint density at radius 3 is 2.83 bits per heavy atom. The Kier molecular flexibility index (Phi) is 4.27. The molecule has 1 fully saturated rings. The lowest BCUT2D eigenvalue weighted by Gasteiger charge is -2.19. The Morgan fingerprint density at radius 1 is 1.33 bits per heavy atom. The van der Waals surface area contributed by atoms with E-state index in [1.807, 2.05) is 0 Å². The Bertz CT molecular complexity index is 436. The third-order valence-corrected chi connectivity index (χ3v) is 3.91. The number of amides is 1. The van der Waals surface area contributed by atoms with Crippen LogP contribution in [0.4, 0.5) is 5.69 Å². The molecule has 0 aliphatic carbocycles. The van der Waals surface area contributed by atoms with E-state index in [1.54, 1.807) is 0 Å². The lowest BCUT2D eigenvalue weighted by Crippen LogP contribution is -2.38. The van der Waals surface area contributed by atoms with Crippen molar-refractivity contribution >= 4 is 27.5 Å². The highest BCUT2D eigenvalue weighted by atomic mass is 79.9. The van der Waals surface area contributed by atoms with Crippen molar-refractivity contribution in [1.29, 1.82) is 0 Å². The summed E-state index contributed by atoms with van der Waals surface area (Å²) < 4.78 is 1.03. The van der Waals surface area contributed by atoms with Gasteiger partial charge in [0.05, 0.1) is 5.69 Å². The van der Waals surface area contributed by atoms with Gasteiger partial charge >= 0.3 is 0 Å². The van der Waals surface area contributed by atoms with Crippen molar-refractivity contribution in [2.45, 2.75) is 39.2 Å². The maximum absolute atomic E-state index is 11.9. The first-order valence-electron chi connectivity index (χ1n) is 6.39. The van der Waals surface area contributed by atoms with Gasteiger partial charge in [-0.3, -0.25) is 4.79 Å². The molecule has 1 aromatic carbocycles. The monoisotopic (exact) mass is 310 g/mol. The Hall–Kier alpha value is -1.03. The molecular weight excluding hydrogens is 292 g/mol. The quantitative estimate of drug-likeness (QED) is 0.881. The van der Waals surface area contributed by atoms with Crippen molar-refractivity contribution in [3.05, 3.63) is 27.7 Å². The lowest BCUT2D eigenvalue weighted by atomic mass is 10.1. The van der Waals surface area contributed by atoms with E-state index in [-0.39, 0.29) is 11.9 Å². The number of rotatable bonds is 2. The van der Waals surface area contributed by atoms with E-state index in [1.165, 1.54) is 11.1 Å². The molecule has 1 aliphatic rings. The van der Waals surface area contributed by atoms with Crippen LogP contribution in [0.3, 0.4) is 0 Å². The second-order valence-corrected chi connectivity index (χ2v) is 5.78. The second kappa shape index (κ2) is 5.74. The molecule has 1 amide bonds. The van der Waals surface area contributed by atoms with Gasteiger partial charge < -0.3 is 10.6 Å². The average molecular weight is 311 g/mol. The minimum Gasteiger partial charge on any atom is -0.373 e. The van der Waals surface area contributed by atoms with Gasteiger partial charge in [-0.1, -0.05) is 6.07 Å². The minimum atomic E-state index is -0.120. The smallest absolute Gasteiger partial charge is 0.242 e. The molecule has 4 heteroatoms. The fourth-order valence-corrected chi connectivity index (χ4v) is 3.14. The van der Waals surface area contributed by atoms with Crippen molar-refractivity contribution in [3.8, 4) is 0 Å². The molecule has 1 unspecified atom stereocenters. The van der Waals surface area contributed by atoms with Gasteiger partial charge in [-0.05, 0) is 66.2 Å². The summed E-state index contributed by atoms with van der Waals surface area (Å²) in [4.78, 5) is 11.9. The third-order valence-electron chi connectivity index (χ3n) is 3.29.